The number of hydrogen-bond donors (Lipinski definition) is 2. The predicted molar refractivity (Wildman–Crippen MR) is 159 cm³/mol. The maximum absolute atomic E-state index is 11.3. The van der Waals surface area contributed by atoms with Crippen LogP contribution in [0.15, 0.2) is 53.1 Å². The van der Waals surface area contributed by atoms with Crippen molar-refractivity contribution in [3.63, 3.8) is 0 Å². The van der Waals surface area contributed by atoms with Crippen molar-refractivity contribution < 1.29 is 24.3 Å². The van der Waals surface area contributed by atoms with Gasteiger partial charge in [-0.2, -0.15) is 0 Å². The normalized spacial score (nSPS) is 12.9. The molecule has 0 spiro atoms. The summed E-state index contributed by atoms with van der Waals surface area (Å²) in [5.74, 6) is 1.26. The van der Waals surface area contributed by atoms with Gasteiger partial charge in [0.2, 0.25) is 0 Å². The van der Waals surface area contributed by atoms with Gasteiger partial charge < -0.3 is 24.4 Å². The van der Waals surface area contributed by atoms with E-state index in [4.69, 9.17) is 44.1 Å². The van der Waals surface area contributed by atoms with Gasteiger partial charge in [0, 0.05) is 29.6 Å². The Kier molecular flexibility index (Phi) is 9.04. The number of benzene rings is 2. The molecular formula is C30H28Cl3N3O5. The van der Waals surface area contributed by atoms with E-state index in [1.54, 1.807) is 37.3 Å². The Balaban J connectivity index is 1.29. The number of hydrogen-bond acceptors (Lipinski definition) is 7. The summed E-state index contributed by atoms with van der Waals surface area (Å²) in [7, 11) is 0. The number of aryl methyl sites for hydroxylation is 1. The summed E-state index contributed by atoms with van der Waals surface area (Å²) in [4.78, 5) is 17.7. The highest BCUT2D eigenvalue weighted by Crippen LogP contribution is 2.46. The van der Waals surface area contributed by atoms with Crippen molar-refractivity contribution in [2.45, 2.75) is 38.7 Å². The summed E-state index contributed by atoms with van der Waals surface area (Å²) in [6, 6.07) is 14.0. The molecule has 0 radical (unpaired) electrons. The number of carbonyl (C=O) groups is 1. The molecule has 0 amide bonds. The van der Waals surface area contributed by atoms with E-state index in [1.807, 2.05) is 17.0 Å². The predicted octanol–water partition coefficient (Wildman–Crippen LogP) is 7.20. The number of carboxylic acid groups (broad SMARTS) is 1. The maximum atomic E-state index is 11.3. The van der Waals surface area contributed by atoms with Crippen LogP contribution in [0.4, 0.5) is 5.82 Å². The first-order chi connectivity index (χ1) is 19.8. The fourth-order valence-corrected chi connectivity index (χ4v) is 5.53. The van der Waals surface area contributed by atoms with Gasteiger partial charge in [-0.3, -0.25) is 0 Å². The fourth-order valence-electron chi connectivity index (χ4n) is 4.69. The number of aromatic nitrogens is 2. The Bertz CT molecular complexity index is 1550. The number of aliphatic hydroxyl groups excluding tert-OH is 1. The molecule has 1 saturated carbocycles. The quantitative estimate of drug-likeness (QED) is 0.172. The van der Waals surface area contributed by atoms with Crippen LogP contribution in [0.3, 0.4) is 0 Å². The highest BCUT2D eigenvalue weighted by atomic mass is 35.5. The number of pyridine rings is 1. The third kappa shape index (κ3) is 6.62. The van der Waals surface area contributed by atoms with Gasteiger partial charge in [-0.05, 0) is 68.1 Å². The number of aromatic carboxylic acids is 1. The molecular weight excluding hydrogens is 589 g/mol. The van der Waals surface area contributed by atoms with Crippen LogP contribution < -0.4 is 9.64 Å². The standard InChI is InChI=1S/C30H28Cl3N3O5/c1-17-21(30(38)39)9-10-26(34-17)36(13-14-37)12-11-18-7-8-20(15-25(18)33)40-16-22-28(35-41-29(22)19-5-6-19)27-23(31)3-2-4-24(27)32/h2-4,7-10,15,19,37H,5-6,11-14,16H2,1H3,(H,38,39). The van der Waals surface area contributed by atoms with Gasteiger partial charge in [0.15, 0.2) is 0 Å². The van der Waals surface area contributed by atoms with Gasteiger partial charge in [-0.1, -0.05) is 52.1 Å². The molecule has 2 aromatic carbocycles. The molecule has 1 aliphatic rings. The molecule has 2 aromatic heterocycles. The minimum absolute atomic E-state index is 0.0744. The lowest BCUT2D eigenvalue weighted by Crippen LogP contribution is -2.30. The third-order valence-electron chi connectivity index (χ3n) is 7.02. The van der Waals surface area contributed by atoms with Crippen molar-refractivity contribution in [2.24, 2.45) is 0 Å². The van der Waals surface area contributed by atoms with E-state index in [0.29, 0.717) is 69.0 Å². The highest BCUT2D eigenvalue weighted by Gasteiger charge is 2.33. The summed E-state index contributed by atoms with van der Waals surface area (Å²) in [5, 5.41) is 24.7. The van der Waals surface area contributed by atoms with Crippen LogP contribution in [0.25, 0.3) is 11.3 Å². The molecule has 11 heteroatoms. The van der Waals surface area contributed by atoms with Crippen LogP contribution in [0.1, 0.15) is 51.7 Å². The van der Waals surface area contributed by atoms with Gasteiger partial charge in [-0.15, -0.1) is 0 Å². The minimum Gasteiger partial charge on any atom is -0.489 e. The minimum atomic E-state index is -1.03. The molecule has 0 atom stereocenters. The highest BCUT2D eigenvalue weighted by molar-refractivity contribution is 6.39. The molecule has 0 aliphatic heterocycles. The Hall–Kier alpha value is -3.30. The number of halogens is 3. The zero-order valence-electron chi connectivity index (χ0n) is 22.2. The number of aliphatic hydroxyl groups is 1. The van der Waals surface area contributed by atoms with Crippen LogP contribution in [0, 0.1) is 6.92 Å². The van der Waals surface area contributed by atoms with Crippen LogP contribution in [-0.4, -0.2) is 46.0 Å². The number of carboxylic acids is 1. The van der Waals surface area contributed by atoms with Crippen molar-refractivity contribution >= 4 is 46.6 Å². The van der Waals surface area contributed by atoms with Crippen molar-refractivity contribution in [1.82, 2.24) is 10.1 Å². The average Bonchev–Trinajstić information content (AvgIpc) is 3.70. The molecule has 41 heavy (non-hydrogen) atoms. The lowest BCUT2D eigenvalue weighted by atomic mass is 10.0. The molecule has 4 aromatic rings. The summed E-state index contributed by atoms with van der Waals surface area (Å²) < 4.78 is 11.9. The SMILES string of the molecule is Cc1nc(N(CCO)CCc2ccc(OCc3c(-c4c(Cl)cccc4Cl)noc3C3CC3)cc2Cl)ccc1C(=O)O. The van der Waals surface area contributed by atoms with Crippen molar-refractivity contribution in [1.29, 1.82) is 0 Å². The van der Waals surface area contributed by atoms with Crippen molar-refractivity contribution in [3.05, 3.63) is 91.7 Å². The summed E-state index contributed by atoms with van der Waals surface area (Å²) >= 11 is 19.6. The second-order valence-electron chi connectivity index (χ2n) is 9.86. The van der Waals surface area contributed by atoms with E-state index >= 15 is 0 Å². The second kappa shape index (κ2) is 12.7. The fraction of sp³-hybridized carbons (Fsp3) is 0.300. The molecule has 1 fully saturated rings. The number of ether oxygens (including phenoxy) is 1. The van der Waals surface area contributed by atoms with E-state index in [2.05, 4.69) is 10.1 Å². The summed E-state index contributed by atoms with van der Waals surface area (Å²) in [5.41, 5.74) is 3.47. The van der Waals surface area contributed by atoms with Crippen LogP contribution in [0.2, 0.25) is 15.1 Å². The number of rotatable bonds is 12. The smallest absolute Gasteiger partial charge is 0.337 e. The topological polar surface area (TPSA) is 109 Å². The zero-order chi connectivity index (χ0) is 29.1. The van der Waals surface area contributed by atoms with Gasteiger partial charge in [0.05, 0.1) is 33.5 Å². The van der Waals surface area contributed by atoms with Gasteiger partial charge >= 0.3 is 5.97 Å². The Morgan fingerprint density at radius 3 is 2.46 bits per heavy atom. The number of nitrogens with zero attached hydrogens (tertiary/aromatic N) is 3. The molecule has 214 valence electrons. The Labute approximate surface area is 252 Å². The van der Waals surface area contributed by atoms with Crippen molar-refractivity contribution in [2.75, 3.05) is 24.6 Å². The van der Waals surface area contributed by atoms with Gasteiger partial charge in [-0.25, -0.2) is 9.78 Å². The monoisotopic (exact) mass is 615 g/mol. The molecule has 2 N–H and O–H groups in total. The summed E-state index contributed by atoms with van der Waals surface area (Å²) in [6.45, 7) is 2.65. The average molecular weight is 617 g/mol. The summed E-state index contributed by atoms with van der Waals surface area (Å²) in [6.07, 6.45) is 2.64. The van der Waals surface area contributed by atoms with Gasteiger partial charge in [0.25, 0.3) is 0 Å². The first kappa shape index (κ1) is 29.2. The van der Waals surface area contributed by atoms with Crippen LogP contribution >= 0.6 is 34.8 Å². The molecule has 8 nitrogen and oxygen atoms in total. The van der Waals surface area contributed by atoms with Gasteiger partial charge in [0.1, 0.15) is 29.6 Å². The lowest BCUT2D eigenvalue weighted by molar-refractivity contribution is 0.0695. The van der Waals surface area contributed by atoms with E-state index < -0.39 is 5.97 Å². The first-order valence-electron chi connectivity index (χ1n) is 13.2. The second-order valence-corrected chi connectivity index (χ2v) is 11.1. The van der Waals surface area contributed by atoms with E-state index in [0.717, 1.165) is 29.7 Å². The van der Waals surface area contributed by atoms with E-state index in [1.165, 1.54) is 6.07 Å². The Morgan fingerprint density at radius 1 is 1.07 bits per heavy atom. The maximum Gasteiger partial charge on any atom is 0.337 e. The molecule has 0 unspecified atom stereocenters. The molecule has 0 bridgehead atoms. The molecule has 0 saturated heterocycles. The Morgan fingerprint density at radius 2 is 1.83 bits per heavy atom. The third-order valence-corrected chi connectivity index (χ3v) is 8.00. The molecule has 2 heterocycles. The lowest BCUT2D eigenvalue weighted by Gasteiger charge is -2.24. The first-order valence-corrected chi connectivity index (χ1v) is 14.3. The van der Waals surface area contributed by atoms with Crippen LogP contribution in [0.5, 0.6) is 5.75 Å². The van der Waals surface area contributed by atoms with Crippen LogP contribution in [-0.2, 0) is 13.0 Å². The van der Waals surface area contributed by atoms with E-state index in [9.17, 15) is 15.0 Å². The molecule has 5 rings (SSSR count). The van der Waals surface area contributed by atoms with E-state index in [-0.39, 0.29) is 18.8 Å². The zero-order valence-corrected chi connectivity index (χ0v) is 24.5. The van der Waals surface area contributed by atoms with Crippen molar-refractivity contribution in [3.8, 4) is 17.0 Å². The largest absolute Gasteiger partial charge is 0.489 e. The molecule has 1 aliphatic carbocycles. The number of anilines is 1.